The van der Waals surface area contributed by atoms with Crippen LogP contribution in [0.1, 0.15) is 28.9 Å². The second-order valence-corrected chi connectivity index (χ2v) is 11.4. The summed E-state index contributed by atoms with van der Waals surface area (Å²) in [6.45, 7) is 1.90. The number of fused-ring (bicyclic) bond motifs is 1. The van der Waals surface area contributed by atoms with Gasteiger partial charge < -0.3 is 10.7 Å². The Morgan fingerprint density at radius 1 is 1.11 bits per heavy atom. The molecule has 1 aromatic heterocycles. The summed E-state index contributed by atoms with van der Waals surface area (Å²) in [6.07, 6.45) is 5.02. The first kappa shape index (κ1) is 25.7. The number of benzene rings is 2. The van der Waals surface area contributed by atoms with Crippen molar-refractivity contribution in [3.63, 3.8) is 0 Å². The summed E-state index contributed by atoms with van der Waals surface area (Å²) in [6, 6.07) is 17.8. The Morgan fingerprint density at radius 2 is 1.84 bits per heavy atom. The maximum absolute atomic E-state index is 14.1. The van der Waals surface area contributed by atoms with Gasteiger partial charge in [0.05, 0.1) is 10.3 Å². The summed E-state index contributed by atoms with van der Waals surface area (Å²) in [7, 11) is -3.88. The normalized spacial score (nSPS) is 19.9. The number of sulfonamides is 1. The predicted molar refractivity (Wildman–Crippen MR) is 144 cm³/mol. The fraction of sp³-hybridized carbons (Fsp3) is 0.207. The Balaban J connectivity index is 1.58. The molecule has 1 aliphatic heterocycles. The van der Waals surface area contributed by atoms with E-state index in [1.807, 2.05) is 6.08 Å². The number of aromatic nitrogens is 1. The van der Waals surface area contributed by atoms with Crippen LogP contribution < -0.4 is 5.32 Å². The Morgan fingerprint density at radius 3 is 2.53 bits per heavy atom. The first-order chi connectivity index (χ1) is 18.2. The van der Waals surface area contributed by atoms with Gasteiger partial charge in [0.25, 0.3) is 0 Å². The van der Waals surface area contributed by atoms with Crippen LogP contribution in [-0.2, 0) is 10.0 Å². The van der Waals surface area contributed by atoms with Crippen molar-refractivity contribution in [3.05, 3.63) is 113 Å². The van der Waals surface area contributed by atoms with E-state index in [1.54, 1.807) is 61.5 Å². The van der Waals surface area contributed by atoms with E-state index in [-0.39, 0.29) is 41.7 Å². The van der Waals surface area contributed by atoms with E-state index >= 15 is 0 Å². The zero-order valence-electron chi connectivity index (χ0n) is 20.8. The van der Waals surface area contributed by atoms with Crippen LogP contribution in [0.25, 0.3) is 0 Å². The number of halogens is 1. The maximum Gasteiger partial charge on any atom is 0.243 e. The van der Waals surface area contributed by atoms with E-state index < -0.39 is 15.4 Å². The fourth-order valence-electron chi connectivity index (χ4n) is 5.20. The van der Waals surface area contributed by atoms with Gasteiger partial charge in [-0.25, -0.2) is 12.8 Å². The molecular weight excluding hydrogens is 503 g/mol. The molecule has 38 heavy (non-hydrogen) atoms. The molecule has 0 amide bonds. The Bertz CT molecular complexity index is 1570. The van der Waals surface area contributed by atoms with E-state index in [4.69, 9.17) is 5.41 Å². The number of hydrogen-bond acceptors (Lipinski definition) is 6. The number of ketones is 1. The molecule has 1 fully saturated rings. The summed E-state index contributed by atoms with van der Waals surface area (Å²) in [5.74, 6) is -0.643. The van der Waals surface area contributed by atoms with E-state index in [2.05, 4.69) is 10.3 Å². The van der Waals surface area contributed by atoms with Crippen LogP contribution in [0.3, 0.4) is 0 Å². The van der Waals surface area contributed by atoms with Crippen LogP contribution in [0, 0.1) is 23.6 Å². The predicted octanol–water partition coefficient (Wildman–Crippen LogP) is 5.14. The molecule has 0 radical (unpaired) electrons. The monoisotopic (exact) mass is 530 g/mol. The van der Waals surface area contributed by atoms with Gasteiger partial charge in [0, 0.05) is 36.9 Å². The number of Topliss-reactive ketones (excluding diaryl/α,β-unsaturated/α-hetero) is 1. The van der Waals surface area contributed by atoms with Gasteiger partial charge in [0.15, 0.2) is 5.78 Å². The van der Waals surface area contributed by atoms with Crippen molar-refractivity contribution in [1.82, 2.24) is 9.29 Å². The third-order valence-electron chi connectivity index (χ3n) is 7.19. The van der Waals surface area contributed by atoms with Gasteiger partial charge in [-0.15, -0.1) is 0 Å². The maximum atomic E-state index is 14.1. The lowest BCUT2D eigenvalue weighted by Gasteiger charge is -2.45. The number of nitrogens with zero attached hydrogens (tertiary/aromatic N) is 2. The average Bonchev–Trinajstić information content (AvgIpc) is 2.93. The van der Waals surface area contributed by atoms with Gasteiger partial charge in [-0.05, 0) is 79.4 Å². The molecule has 5 rings (SSSR count). The largest absolute Gasteiger partial charge is 0.355 e. The molecule has 1 saturated heterocycles. The minimum Gasteiger partial charge on any atom is -0.355 e. The number of carbonyl (C=O) groups excluding carboxylic acids is 1. The lowest BCUT2D eigenvalue weighted by molar-refractivity contribution is 0.0770. The van der Waals surface area contributed by atoms with Crippen LogP contribution >= 0.6 is 0 Å². The molecule has 1 unspecified atom stereocenters. The second kappa shape index (κ2) is 10.1. The number of allylic oxidation sites excluding steroid dienone is 2. The standard InChI is InChI=1S/C29H27FN4O3S/c1-20-6-2-3-8-27(20)38(36,37)34-15-13-22-16-26(33-24-11-9-23(30)10-12-24)21(18-31)17-29(22,19-34)28(35)25-7-4-5-14-32-25/h2-12,14,16,18,31,33H,13,15,17,19H2,1H3. The number of hydrogen-bond donors (Lipinski definition) is 2. The number of anilines is 1. The molecule has 0 saturated carbocycles. The van der Waals surface area contributed by atoms with E-state index in [1.165, 1.54) is 28.8 Å². The van der Waals surface area contributed by atoms with Crippen molar-refractivity contribution in [1.29, 1.82) is 5.41 Å². The summed E-state index contributed by atoms with van der Waals surface area (Å²) < 4.78 is 42.3. The quantitative estimate of drug-likeness (QED) is 0.325. The van der Waals surface area contributed by atoms with Crippen LogP contribution in [0.4, 0.5) is 10.1 Å². The Labute approximate surface area is 221 Å². The van der Waals surface area contributed by atoms with Crippen LogP contribution in [-0.4, -0.2) is 42.8 Å². The van der Waals surface area contributed by atoms with Crippen molar-refractivity contribution in [2.45, 2.75) is 24.7 Å². The topological polar surface area (TPSA) is 103 Å². The van der Waals surface area contributed by atoms with Crippen molar-refractivity contribution < 1.29 is 17.6 Å². The average molecular weight is 531 g/mol. The van der Waals surface area contributed by atoms with Gasteiger partial charge in [-0.2, -0.15) is 4.31 Å². The first-order valence-corrected chi connectivity index (χ1v) is 13.7. The Kier molecular flexibility index (Phi) is 6.81. The summed E-state index contributed by atoms with van der Waals surface area (Å²) in [5.41, 5.74) is 2.24. The number of pyridine rings is 1. The molecule has 2 aliphatic rings. The van der Waals surface area contributed by atoms with Crippen LogP contribution in [0.2, 0.25) is 0 Å². The number of nitrogens with one attached hydrogen (secondary N) is 2. The van der Waals surface area contributed by atoms with E-state index in [0.717, 1.165) is 5.57 Å². The highest BCUT2D eigenvalue weighted by Crippen LogP contribution is 2.48. The molecule has 194 valence electrons. The first-order valence-electron chi connectivity index (χ1n) is 12.2. The second-order valence-electron chi connectivity index (χ2n) is 9.54. The Hall–Kier alpha value is -3.95. The van der Waals surface area contributed by atoms with Crippen molar-refractivity contribution >= 4 is 27.7 Å². The summed E-state index contributed by atoms with van der Waals surface area (Å²) >= 11 is 0. The summed E-state index contributed by atoms with van der Waals surface area (Å²) in [5, 5.41) is 11.4. The minimum absolute atomic E-state index is 0.0634. The van der Waals surface area contributed by atoms with Crippen molar-refractivity contribution in [2.24, 2.45) is 5.41 Å². The molecule has 2 N–H and O–H groups in total. The SMILES string of the molecule is Cc1ccccc1S(=O)(=O)N1CCC2=CC(Nc3ccc(F)cc3)=C(C=N)CC2(C(=O)c2ccccn2)C1. The highest BCUT2D eigenvalue weighted by molar-refractivity contribution is 7.89. The highest BCUT2D eigenvalue weighted by atomic mass is 32.2. The molecular formula is C29H27FN4O3S. The molecule has 3 aromatic rings. The van der Waals surface area contributed by atoms with E-state index in [9.17, 15) is 17.6 Å². The van der Waals surface area contributed by atoms with Crippen molar-refractivity contribution in [2.75, 3.05) is 18.4 Å². The molecule has 7 nitrogen and oxygen atoms in total. The number of rotatable bonds is 7. The molecule has 1 atom stereocenters. The number of carbonyl (C=O) groups is 1. The number of piperidine rings is 1. The lowest BCUT2D eigenvalue weighted by Crippen LogP contribution is -2.52. The minimum atomic E-state index is -3.88. The van der Waals surface area contributed by atoms with E-state index in [0.29, 0.717) is 28.9 Å². The fourth-order valence-corrected chi connectivity index (χ4v) is 6.92. The molecule has 0 bridgehead atoms. The highest BCUT2D eigenvalue weighted by Gasteiger charge is 2.51. The lowest BCUT2D eigenvalue weighted by atomic mass is 9.65. The van der Waals surface area contributed by atoms with Crippen molar-refractivity contribution in [3.8, 4) is 0 Å². The zero-order chi connectivity index (χ0) is 26.9. The molecule has 2 aromatic carbocycles. The van der Waals surface area contributed by atoms with Gasteiger partial charge in [0.2, 0.25) is 10.0 Å². The number of aryl methyl sites for hydroxylation is 1. The van der Waals surface area contributed by atoms with Gasteiger partial charge in [-0.3, -0.25) is 9.78 Å². The molecule has 1 aliphatic carbocycles. The van der Waals surface area contributed by atoms with Gasteiger partial charge >= 0.3 is 0 Å². The zero-order valence-corrected chi connectivity index (χ0v) is 21.6. The molecule has 9 heteroatoms. The van der Waals surface area contributed by atoms with Gasteiger partial charge in [0.1, 0.15) is 11.5 Å². The summed E-state index contributed by atoms with van der Waals surface area (Å²) in [4.78, 5) is 18.6. The smallest absolute Gasteiger partial charge is 0.243 e. The molecule has 0 spiro atoms. The van der Waals surface area contributed by atoms with Gasteiger partial charge in [-0.1, -0.05) is 29.8 Å². The third kappa shape index (κ3) is 4.59. The van der Waals surface area contributed by atoms with Crippen LogP contribution in [0.15, 0.2) is 101 Å². The molecule has 2 heterocycles. The van der Waals surface area contributed by atoms with Crippen LogP contribution in [0.5, 0.6) is 0 Å². The third-order valence-corrected chi connectivity index (χ3v) is 9.19.